The molecule has 0 fully saturated rings. The van der Waals surface area contributed by atoms with Crippen LogP contribution in [-0.4, -0.2) is 0 Å². The standard InChI is InChI=1S/C17H15Cl/c1-11-3-6-15-13(9-11)4-7-16(15)14-5-8-17(18)12(2)10-14/h3,5-10H,4H2,1-2H3. The predicted molar refractivity (Wildman–Crippen MR) is 78.2 cm³/mol. The molecule has 0 amide bonds. The molecular weight excluding hydrogens is 240 g/mol. The fourth-order valence-electron chi connectivity index (χ4n) is 2.56. The van der Waals surface area contributed by atoms with E-state index < -0.39 is 0 Å². The highest BCUT2D eigenvalue weighted by Crippen LogP contribution is 2.34. The number of halogens is 1. The molecule has 3 rings (SSSR count). The molecule has 1 aliphatic rings. The van der Waals surface area contributed by atoms with Crippen molar-refractivity contribution in [3.8, 4) is 0 Å². The number of hydrogen-bond acceptors (Lipinski definition) is 0. The molecule has 0 spiro atoms. The first-order valence-corrected chi connectivity index (χ1v) is 6.59. The Morgan fingerprint density at radius 3 is 2.61 bits per heavy atom. The Kier molecular flexibility index (Phi) is 2.76. The van der Waals surface area contributed by atoms with Gasteiger partial charge in [-0.2, -0.15) is 0 Å². The van der Waals surface area contributed by atoms with Crippen LogP contribution in [0.25, 0.3) is 5.57 Å². The van der Waals surface area contributed by atoms with Crippen molar-refractivity contribution < 1.29 is 0 Å². The molecule has 0 saturated carbocycles. The van der Waals surface area contributed by atoms with Gasteiger partial charge in [0.2, 0.25) is 0 Å². The van der Waals surface area contributed by atoms with Gasteiger partial charge in [-0.25, -0.2) is 0 Å². The Morgan fingerprint density at radius 2 is 1.83 bits per heavy atom. The number of fused-ring (bicyclic) bond motifs is 1. The van der Waals surface area contributed by atoms with Gasteiger partial charge in [0.1, 0.15) is 0 Å². The summed E-state index contributed by atoms with van der Waals surface area (Å²) in [6, 6.07) is 13.0. The van der Waals surface area contributed by atoms with Gasteiger partial charge < -0.3 is 0 Å². The van der Waals surface area contributed by atoms with Crippen LogP contribution >= 0.6 is 11.6 Å². The molecule has 18 heavy (non-hydrogen) atoms. The third kappa shape index (κ3) is 1.87. The lowest BCUT2D eigenvalue weighted by Crippen LogP contribution is -1.89. The van der Waals surface area contributed by atoms with Crippen LogP contribution in [0, 0.1) is 13.8 Å². The average Bonchev–Trinajstić information content (AvgIpc) is 2.75. The highest BCUT2D eigenvalue weighted by atomic mass is 35.5. The zero-order valence-electron chi connectivity index (χ0n) is 10.6. The smallest absolute Gasteiger partial charge is 0.0435 e. The summed E-state index contributed by atoms with van der Waals surface area (Å²) in [5.74, 6) is 0. The SMILES string of the molecule is Cc1ccc2c(c1)CC=C2c1ccc(Cl)c(C)c1. The number of benzene rings is 2. The zero-order chi connectivity index (χ0) is 12.7. The minimum absolute atomic E-state index is 0.835. The lowest BCUT2D eigenvalue weighted by atomic mass is 9.97. The van der Waals surface area contributed by atoms with Crippen LogP contribution in [-0.2, 0) is 6.42 Å². The van der Waals surface area contributed by atoms with Crippen molar-refractivity contribution in [2.45, 2.75) is 20.3 Å². The summed E-state index contributed by atoms with van der Waals surface area (Å²) in [5.41, 5.74) is 7.86. The number of allylic oxidation sites excluding steroid dienone is 1. The van der Waals surface area contributed by atoms with E-state index >= 15 is 0 Å². The summed E-state index contributed by atoms with van der Waals surface area (Å²) in [5, 5.41) is 0.835. The lowest BCUT2D eigenvalue weighted by Gasteiger charge is -2.08. The average molecular weight is 255 g/mol. The minimum Gasteiger partial charge on any atom is -0.0841 e. The van der Waals surface area contributed by atoms with E-state index in [1.165, 1.54) is 27.8 Å². The van der Waals surface area contributed by atoms with E-state index in [1.54, 1.807) is 0 Å². The largest absolute Gasteiger partial charge is 0.0841 e. The van der Waals surface area contributed by atoms with Crippen LogP contribution in [0.3, 0.4) is 0 Å². The summed E-state index contributed by atoms with van der Waals surface area (Å²) in [6.07, 6.45) is 3.35. The first-order chi connectivity index (χ1) is 8.65. The lowest BCUT2D eigenvalue weighted by molar-refractivity contribution is 1.28. The van der Waals surface area contributed by atoms with E-state index in [-0.39, 0.29) is 0 Å². The molecule has 0 aromatic heterocycles. The maximum Gasteiger partial charge on any atom is 0.0435 e. The monoisotopic (exact) mass is 254 g/mol. The van der Waals surface area contributed by atoms with Gasteiger partial charge in [0.15, 0.2) is 0 Å². The molecule has 0 unspecified atom stereocenters. The molecule has 0 aliphatic heterocycles. The second kappa shape index (κ2) is 4.29. The van der Waals surface area contributed by atoms with Crippen LogP contribution in [0.1, 0.15) is 27.8 Å². The Hall–Kier alpha value is -1.53. The Morgan fingerprint density at radius 1 is 1.00 bits per heavy atom. The van der Waals surface area contributed by atoms with Gasteiger partial charge in [0.05, 0.1) is 0 Å². The molecule has 0 saturated heterocycles. The van der Waals surface area contributed by atoms with Crippen molar-refractivity contribution >= 4 is 17.2 Å². The topological polar surface area (TPSA) is 0 Å². The van der Waals surface area contributed by atoms with Crippen molar-refractivity contribution in [1.29, 1.82) is 0 Å². The van der Waals surface area contributed by atoms with E-state index in [4.69, 9.17) is 11.6 Å². The molecule has 0 nitrogen and oxygen atoms in total. The Labute approximate surface area is 113 Å². The molecule has 2 aromatic rings. The normalized spacial score (nSPS) is 13.4. The summed E-state index contributed by atoms with van der Waals surface area (Å²) >= 11 is 6.09. The van der Waals surface area contributed by atoms with Crippen molar-refractivity contribution in [1.82, 2.24) is 0 Å². The van der Waals surface area contributed by atoms with Gasteiger partial charge in [-0.3, -0.25) is 0 Å². The van der Waals surface area contributed by atoms with Gasteiger partial charge in [-0.1, -0.05) is 47.5 Å². The minimum atomic E-state index is 0.835. The van der Waals surface area contributed by atoms with Crippen molar-refractivity contribution in [3.05, 3.63) is 75.3 Å². The van der Waals surface area contributed by atoms with Gasteiger partial charge in [0, 0.05) is 5.02 Å². The fourth-order valence-corrected chi connectivity index (χ4v) is 2.68. The van der Waals surface area contributed by atoms with E-state index in [2.05, 4.69) is 50.3 Å². The molecule has 90 valence electrons. The highest BCUT2D eigenvalue weighted by Gasteiger charge is 2.15. The van der Waals surface area contributed by atoms with Crippen molar-refractivity contribution in [2.24, 2.45) is 0 Å². The van der Waals surface area contributed by atoms with E-state index in [0.29, 0.717) is 0 Å². The van der Waals surface area contributed by atoms with Crippen molar-refractivity contribution in [3.63, 3.8) is 0 Å². The quantitative estimate of drug-likeness (QED) is 0.676. The summed E-state index contributed by atoms with van der Waals surface area (Å²) in [6.45, 7) is 4.20. The first-order valence-electron chi connectivity index (χ1n) is 6.22. The van der Waals surface area contributed by atoms with Gasteiger partial charge in [0.25, 0.3) is 0 Å². The van der Waals surface area contributed by atoms with Gasteiger partial charge >= 0.3 is 0 Å². The van der Waals surface area contributed by atoms with E-state index in [1.807, 2.05) is 6.07 Å². The second-order valence-corrected chi connectivity index (χ2v) is 5.35. The number of hydrogen-bond donors (Lipinski definition) is 0. The molecule has 2 aromatic carbocycles. The Balaban J connectivity index is 2.08. The fraction of sp³-hybridized carbons (Fsp3) is 0.176. The van der Waals surface area contributed by atoms with E-state index in [0.717, 1.165) is 17.0 Å². The summed E-state index contributed by atoms with van der Waals surface area (Å²) < 4.78 is 0. The molecule has 0 radical (unpaired) electrons. The van der Waals surface area contributed by atoms with Crippen LogP contribution in [0.2, 0.25) is 5.02 Å². The van der Waals surface area contributed by atoms with Gasteiger partial charge in [-0.05, 0) is 60.2 Å². The van der Waals surface area contributed by atoms with Gasteiger partial charge in [-0.15, -0.1) is 0 Å². The third-order valence-electron chi connectivity index (χ3n) is 3.55. The van der Waals surface area contributed by atoms with Crippen LogP contribution in [0.15, 0.2) is 42.5 Å². The highest BCUT2D eigenvalue weighted by molar-refractivity contribution is 6.31. The number of aryl methyl sites for hydroxylation is 2. The third-order valence-corrected chi connectivity index (χ3v) is 3.97. The molecule has 0 bridgehead atoms. The molecule has 1 heteroatoms. The zero-order valence-corrected chi connectivity index (χ0v) is 11.4. The first kappa shape index (κ1) is 11.6. The maximum absolute atomic E-state index is 6.09. The maximum atomic E-state index is 6.09. The molecule has 0 atom stereocenters. The molecule has 0 N–H and O–H groups in total. The molecule has 0 heterocycles. The molecule has 1 aliphatic carbocycles. The van der Waals surface area contributed by atoms with Crippen molar-refractivity contribution in [2.75, 3.05) is 0 Å². The predicted octanol–water partition coefficient (Wildman–Crippen LogP) is 4.94. The molecular formula is C17H15Cl. The summed E-state index contributed by atoms with van der Waals surface area (Å²) in [4.78, 5) is 0. The second-order valence-electron chi connectivity index (χ2n) is 4.95. The van der Waals surface area contributed by atoms with Crippen LogP contribution in [0.4, 0.5) is 0 Å². The Bertz CT molecular complexity index is 651. The van der Waals surface area contributed by atoms with Crippen LogP contribution < -0.4 is 0 Å². The van der Waals surface area contributed by atoms with E-state index in [9.17, 15) is 0 Å². The van der Waals surface area contributed by atoms with Crippen LogP contribution in [0.5, 0.6) is 0 Å². The summed E-state index contributed by atoms with van der Waals surface area (Å²) in [7, 11) is 0. The number of rotatable bonds is 1.